The lowest BCUT2D eigenvalue weighted by molar-refractivity contribution is -0.120. The van der Waals surface area contributed by atoms with E-state index in [1.807, 2.05) is 26.0 Å². The third-order valence-corrected chi connectivity index (χ3v) is 6.38. The number of halogens is 1. The lowest BCUT2D eigenvalue weighted by Crippen LogP contribution is -2.56. The first-order valence-corrected chi connectivity index (χ1v) is 12.2. The number of nitrogens with zero attached hydrogens (tertiary/aromatic N) is 2. The molecule has 0 N–H and O–H groups in total. The Labute approximate surface area is 220 Å². The maximum absolute atomic E-state index is 13.7. The predicted molar refractivity (Wildman–Crippen MR) is 147 cm³/mol. The number of anilines is 2. The van der Waals surface area contributed by atoms with Gasteiger partial charge in [0.05, 0.1) is 29.6 Å². The van der Waals surface area contributed by atoms with E-state index in [2.05, 4.69) is 0 Å². The highest BCUT2D eigenvalue weighted by atomic mass is 35.5. The maximum Gasteiger partial charge on any atom is 0.270 e. The molecule has 4 rings (SSSR count). The van der Waals surface area contributed by atoms with E-state index in [9.17, 15) is 9.59 Å². The Morgan fingerprint density at radius 2 is 1.47 bits per heavy atom. The maximum atomic E-state index is 13.7. The van der Waals surface area contributed by atoms with Crippen molar-refractivity contribution in [2.45, 2.75) is 26.4 Å². The summed E-state index contributed by atoms with van der Waals surface area (Å²) in [7, 11) is 1.51. The van der Waals surface area contributed by atoms with Crippen molar-refractivity contribution in [3.05, 3.63) is 89.0 Å². The highest BCUT2D eigenvalue weighted by Gasteiger charge is 2.41. The van der Waals surface area contributed by atoms with Crippen molar-refractivity contribution < 1.29 is 19.1 Å². The first-order chi connectivity index (χ1) is 17.3. The number of benzene rings is 3. The Balaban J connectivity index is 1.83. The van der Waals surface area contributed by atoms with Gasteiger partial charge in [0.15, 0.2) is 16.6 Å². The first kappa shape index (κ1) is 25.4. The molecule has 6 nitrogen and oxygen atoms in total. The van der Waals surface area contributed by atoms with Gasteiger partial charge in [0.25, 0.3) is 11.8 Å². The normalized spacial score (nSPS) is 14.7. The molecule has 1 aliphatic rings. The number of methoxy groups -OCH3 is 1. The fraction of sp³-hybridized carbons (Fsp3) is 0.179. The molecule has 0 radical (unpaired) electrons. The van der Waals surface area contributed by atoms with Crippen LogP contribution in [-0.4, -0.2) is 30.1 Å². The number of hydrogen-bond donors (Lipinski definition) is 0. The SMILES string of the molecule is CC[C@H](C)Oc1c(Cl)cc(C=C2C(=O)N(c3ccccc3)C(=S)N(c3ccccc3)C2=O)cc1OC. The van der Waals surface area contributed by atoms with Crippen LogP contribution in [0.3, 0.4) is 0 Å². The van der Waals surface area contributed by atoms with Crippen molar-refractivity contribution in [1.82, 2.24) is 0 Å². The molecule has 1 fully saturated rings. The molecule has 0 bridgehead atoms. The summed E-state index contributed by atoms with van der Waals surface area (Å²) in [6.45, 7) is 3.94. The molecule has 0 unspecified atom stereocenters. The topological polar surface area (TPSA) is 59.1 Å². The van der Waals surface area contributed by atoms with Crippen LogP contribution in [0.5, 0.6) is 11.5 Å². The molecule has 8 heteroatoms. The van der Waals surface area contributed by atoms with Gasteiger partial charge in [0.2, 0.25) is 0 Å². The van der Waals surface area contributed by atoms with Gasteiger partial charge in [0, 0.05) is 0 Å². The molecule has 3 aromatic rings. The van der Waals surface area contributed by atoms with Crippen molar-refractivity contribution in [3.63, 3.8) is 0 Å². The highest BCUT2D eigenvalue weighted by Crippen LogP contribution is 2.38. The fourth-order valence-electron chi connectivity index (χ4n) is 3.73. The number of para-hydroxylation sites is 2. The van der Waals surface area contributed by atoms with Crippen molar-refractivity contribution >= 4 is 58.2 Å². The first-order valence-electron chi connectivity index (χ1n) is 11.4. The van der Waals surface area contributed by atoms with Crippen molar-refractivity contribution in [2.75, 3.05) is 16.9 Å². The van der Waals surface area contributed by atoms with Gasteiger partial charge < -0.3 is 9.47 Å². The zero-order chi connectivity index (χ0) is 25.8. The van der Waals surface area contributed by atoms with Crippen LogP contribution in [0.2, 0.25) is 5.02 Å². The van der Waals surface area contributed by atoms with Crippen molar-refractivity contribution in [3.8, 4) is 11.5 Å². The Morgan fingerprint density at radius 1 is 0.944 bits per heavy atom. The number of hydrogen-bond acceptors (Lipinski definition) is 5. The monoisotopic (exact) mass is 520 g/mol. The second-order valence-corrected chi connectivity index (χ2v) is 8.94. The van der Waals surface area contributed by atoms with Crippen molar-refractivity contribution in [1.29, 1.82) is 0 Å². The second kappa shape index (κ2) is 10.9. The summed E-state index contributed by atoms with van der Waals surface area (Å²) in [5.74, 6) is -0.243. The average Bonchev–Trinajstić information content (AvgIpc) is 2.89. The average molecular weight is 521 g/mol. The third-order valence-electron chi connectivity index (χ3n) is 5.74. The summed E-state index contributed by atoms with van der Waals surface area (Å²) >= 11 is 12.2. The summed E-state index contributed by atoms with van der Waals surface area (Å²) in [6, 6.07) is 21.3. The molecule has 184 valence electrons. The van der Waals surface area contributed by atoms with Crippen LogP contribution in [0.25, 0.3) is 6.08 Å². The molecule has 1 heterocycles. The zero-order valence-corrected chi connectivity index (χ0v) is 21.7. The van der Waals surface area contributed by atoms with E-state index in [0.29, 0.717) is 33.5 Å². The van der Waals surface area contributed by atoms with Gasteiger partial charge in [-0.1, -0.05) is 54.9 Å². The third kappa shape index (κ3) is 4.98. The van der Waals surface area contributed by atoms with Gasteiger partial charge in [-0.05, 0) is 73.6 Å². The van der Waals surface area contributed by atoms with Crippen molar-refractivity contribution in [2.24, 2.45) is 0 Å². The minimum atomic E-state index is -0.529. The van der Waals surface area contributed by atoms with Gasteiger partial charge in [-0.3, -0.25) is 19.4 Å². The summed E-state index contributed by atoms with van der Waals surface area (Å²) in [5.41, 5.74) is 1.56. The van der Waals surface area contributed by atoms with Crippen LogP contribution < -0.4 is 19.3 Å². The number of ether oxygens (including phenoxy) is 2. The largest absolute Gasteiger partial charge is 0.493 e. The number of carbonyl (C=O) groups is 2. The van der Waals surface area contributed by atoms with Gasteiger partial charge in [0.1, 0.15) is 5.57 Å². The number of rotatable bonds is 7. The molecule has 3 aromatic carbocycles. The van der Waals surface area contributed by atoms with E-state index in [0.717, 1.165) is 6.42 Å². The molecule has 0 aromatic heterocycles. The molecule has 0 spiro atoms. The van der Waals surface area contributed by atoms with Gasteiger partial charge in [-0.15, -0.1) is 0 Å². The predicted octanol–water partition coefficient (Wildman–Crippen LogP) is 6.27. The Hall–Kier alpha value is -3.68. The molecular weight excluding hydrogens is 496 g/mol. The van der Waals surface area contributed by atoms with Crippen LogP contribution in [0, 0.1) is 0 Å². The van der Waals surface area contributed by atoms with Crippen LogP contribution >= 0.6 is 23.8 Å². The highest BCUT2D eigenvalue weighted by molar-refractivity contribution is 7.81. The van der Waals surface area contributed by atoms with E-state index in [1.54, 1.807) is 60.7 Å². The Kier molecular flexibility index (Phi) is 7.72. The van der Waals surface area contributed by atoms with Crippen LogP contribution in [-0.2, 0) is 9.59 Å². The standard InChI is InChI=1S/C28H25ClN2O4S/c1-4-18(2)35-25-23(29)16-19(17-24(25)34-3)15-22-26(32)30(20-11-7-5-8-12-20)28(36)31(27(22)33)21-13-9-6-10-14-21/h5-18H,4H2,1-3H3/t18-/m0/s1. The van der Waals surface area contributed by atoms with Crippen LogP contribution in [0.4, 0.5) is 11.4 Å². The molecule has 1 atom stereocenters. The Bertz CT molecular complexity index is 1260. The van der Waals surface area contributed by atoms with E-state index in [-0.39, 0.29) is 16.8 Å². The summed E-state index contributed by atoms with van der Waals surface area (Å²) in [4.78, 5) is 30.0. The summed E-state index contributed by atoms with van der Waals surface area (Å²) < 4.78 is 11.4. The molecule has 0 aliphatic carbocycles. The number of thiocarbonyl (C=S) groups is 1. The van der Waals surface area contributed by atoms with E-state index >= 15 is 0 Å². The minimum absolute atomic E-state index is 0.0648. The number of carbonyl (C=O) groups excluding carboxylic acids is 2. The molecule has 36 heavy (non-hydrogen) atoms. The fourth-order valence-corrected chi connectivity index (χ4v) is 4.37. The van der Waals surface area contributed by atoms with E-state index in [1.165, 1.54) is 23.0 Å². The summed E-state index contributed by atoms with van der Waals surface area (Å²) in [5, 5.41) is 0.389. The van der Waals surface area contributed by atoms with E-state index < -0.39 is 11.8 Å². The minimum Gasteiger partial charge on any atom is -0.493 e. The zero-order valence-electron chi connectivity index (χ0n) is 20.1. The second-order valence-electron chi connectivity index (χ2n) is 8.16. The molecule has 0 saturated carbocycles. The smallest absolute Gasteiger partial charge is 0.270 e. The Morgan fingerprint density at radius 3 is 1.94 bits per heavy atom. The van der Waals surface area contributed by atoms with Crippen LogP contribution in [0.15, 0.2) is 78.4 Å². The molecule has 1 saturated heterocycles. The number of amides is 2. The van der Waals surface area contributed by atoms with E-state index in [4.69, 9.17) is 33.3 Å². The van der Waals surface area contributed by atoms with Gasteiger partial charge in [-0.2, -0.15) is 0 Å². The lowest BCUT2D eigenvalue weighted by atomic mass is 10.0. The van der Waals surface area contributed by atoms with Crippen LogP contribution in [0.1, 0.15) is 25.8 Å². The molecule has 2 amide bonds. The molecule has 1 aliphatic heterocycles. The van der Waals surface area contributed by atoms with Gasteiger partial charge in [-0.25, -0.2) is 0 Å². The lowest BCUT2D eigenvalue weighted by Gasteiger charge is -2.36. The van der Waals surface area contributed by atoms with Gasteiger partial charge >= 0.3 is 0 Å². The summed E-state index contributed by atoms with van der Waals surface area (Å²) in [6.07, 6.45) is 2.22. The molecular formula is C28H25ClN2O4S. The quantitative estimate of drug-likeness (QED) is 0.209.